The van der Waals surface area contributed by atoms with E-state index in [-0.39, 0.29) is 11.3 Å². The fourth-order valence-electron chi connectivity index (χ4n) is 3.33. The summed E-state index contributed by atoms with van der Waals surface area (Å²) in [5.74, 6) is -0.628. The lowest BCUT2D eigenvalue weighted by atomic mass is 9.99. The van der Waals surface area contributed by atoms with Crippen molar-refractivity contribution in [3.63, 3.8) is 0 Å². The summed E-state index contributed by atoms with van der Waals surface area (Å²) in [5, 5.41) is 13.0. The number of hydrogen-bond donors (Lipinski definition) is 1. The average molecular weight is 401 g/mol. The van der Waals surface area contributed by atoms with Crippen LogP contribution in [-0.2, 0) is 9.59 Å². The highest BCUT2D eigenvalue weighted by Crippen LogP contribution is 2.42. The predicted octanol–water partition coefficient (Wildman–Crippen LogP) is 3.99. The fraction of sp³-hybridized carbons (Fsp3) is 0.333. The van der Waals surface area contributed by atoms with E-state index >= 15 is 0 Å². The predicted molar refractivity (Wildman–Crippen MR) is 108 cm³/mol. The molecule has 2 aromatic rings. The Kier molecular flexibility index (Phi) is 6.04. The molecule has 0 saturated carbocycles. The molecule has 3 rings (SSSR count). The number of rotatable bonds is 7. The highest BCUT2D eigenvalue weighted by molar-refractivity contribution is 7.10. The Bertz CT molecular complexity index is 904. The van der Waals surface area contributed by atoms with Gasteiger partial charge >= 0.3 is 0 Å². The van der Waals surface area contributed by atoms with Crippen LogP contribution in [0.5, 0.6) is 11.5 Å². The second-order valence-corrected chi connectivity index (χ2v) is 7.41. The molecule has 2 heterocycles. The third-order valence-corrected chi connectivity index (χ3v) is 5.69. The summed E-state index contributed by atoms with van der Waals surface area (Å²) in [6.07, 6.45) is 1.67. The number of nitrogens with zero attached hydrogens (tertiary/aromatic N) is 1. The number of carbonyl (C=O) groups is 2. The minimum atomic E-state index is -0.683. The number of thiophene rings is 1. The van der Waals surface area contributed by atoms with E-state index in [0.717, 1.165) is 17.7 Å². The summed E-state index contributed by atoms with van der Waals surface area (Å²) < 4.78 is 10.6. The second kappa shape index (κ2) is 8.48. The second-order valence-electron chi connectivity index (χ2n) is 6.43. The van der Waals surface area contributed by atoms with Crippen molar-refractivity contribution in [2.75, 3.05) is 20.8 Å². The van der Waals surface area contributed by atoms with E-state index < -0.39 is 17.7 Å². The van der Waals surface area contributed by atoms with E-state index in [9.17, 15) is 14.7 Å². The van der Waals surface area contributed by atoms with Crippen LogP contribution >= 0.6 is 11.3 Å². The maximum Gasteiger partial charge on any atom is 0.295 e. The summed E-state index contributed by atoms with van der Waals surface area (Å²) in [5.41, 5.74) is 0.395. The van der Waals surface area contributed by atoms with Crippen LogP contribution in [0.15, 0.2) is 41.3 Å². The van der Waals surface area contributed by atoms with Crippen LogP contribution < -0.4 is 9.47 Å². The number of aliphatic hydroxyl groups is 1. The lowest BCUT2D eigenvalue weighted by Gasteiger charge is -2.24. The molecule has 1 aliphatic rings. The Morgan fingerprint density at radius 2 is 2.00 bits per heavy atom. The first-order chi connectivity index (χ1) is 13.5. The zero-order valence-electron chi connectivity index (χ0n) is 16.1. The van der Waals surface area contributed by atoms with E-state index in [1.165, 1.54) is 25.6 Å². The highest BCUT2D eigenvalue weighted by atomic mass is 32.1. The minimum Gasteiger partial charge on any atom is -0.507 e. The van der Waals surface area contributed by atoms with Crippen molar-refractivity contribution in [2.45, 2.75) is 25.8 Å². The van der Waals surface area contributed by atoms with Crippen molar-refractivity contribution in [2.24, 2.45) is 0 Å². The number of amides is 1. The number of ketones is 1. The molecule has 1 N–H and O–H groups in total. The van der Waals surface area contributed by atoms with Crippen LogP contribution in [0, 0.1) is 0 Å². The van der Waals surface area contributed by atoms with Crippen LogP contribution in [0.3, 0.4) is 0 Å². The molecule has 1 atom stereocenters. The first-order valence-electron chi connectivity index (χ1n) is 9.07. The standard InChI is InChI=1S/C21H23NO5S/c1-4-5-10-22-18(16-7-6-11-28-16)17(20(24)21(22)25)19(23)14-12-13(26-2)8-9-15(14)27-3/h6-9,11-12,18,23H,4-5,10H2,1-3H3/b19-17-. The van der Waals surface area contributed by atoms with Gasteiger partial charge in [0.2, 0.25) is 0 Å². The van der Waals surface area contributed by atoms with Gasteiger partial charge in [-0.15, -0.1) is 11.3 Å². The van der Waals surface area contributed by atoms with Crippen molar-refractivity contribution < 1.29 is 24.2 Å². The molecule has 1 saturated heterocycles. The summed E-state index contributed by atoms with van der Waals surface area (Å²) in [6.45, 7) is 2.48. The van der Waals surface area contributed by atoms with Crippen LogP contribution in [-0.4, -0.2) is 42.5 Å². The number of unbranched alkanes of at least 4 members (excludes halogenated alkanes) is 1. The van der Waals surface area contributed by atoms with Crippen LogP contribution in [0.4, 0.5) is 0 Å². The van der Waals surface area contributed by atoms with Crippen LogP contribution in [0.1, 0.15) is 36.2 Å². The molecule has 1 aromatic heterocycles. The quantitative estimate of drug-likeness (QED) is 0.431. The van der Waals surface area contributed by atoms with Gasteiger partial charge in [-0.2, -0.15) is 0 Å². The molecular weight excluding hydrogens is 378 g/mol. The minimum absolute atomic E-state index is 0.0788. The Labute approximate surface area is 168 Å². The smallest absolute Gasteiger partial charge is 0.295 e. The Hall–Kier alpha value is -2.80. The summed E-state index contributed by atoms with van der Waals surface area (Å²) >= 11 is 1.45. The Balaban J connectivity index is 2.19. The maximum atomic E-state index is 12.9. The number of likely N-dealkylation sites (tertiary alicyclic amines) is 1. The van der Waals surface area contributed by atoms with Gasteiger partial charge < -0.3 is 19.5 Å². The molecule has 1 amide bonds. The molecule has 1 unspecified atom stereocenters. The van der Waals surface area contributed by atoms with Crippen molar-refractivity contribution in [1.82, 2.24) is 4.90 Å². The monoisotopic (exact) mass is 401 g/mol. The van der Waals surface area contributed by atoms with E-state index in [1.54, 1.807) is 23.1 Å². The Morgan fingerprint density at radius 3 is 2.61 bits per heavy atom. The van der Waals surface area contributed by atoms with E-state index in [4.69, 9.17) is 9.47 Å². The molecular formula is C21H23NO5S. The molecule has 0 radical (unpaired) electrons. The molecule has 7 heteroatoms. The molecule has 6 nitrogen and oxygen atoms in total. The van der Waals surface area contributed by atoms with Gasteiger partial charge in [0.15, 0.2) is 0 Å². The average Bonchev–Trinajstić information content (AvgIpc) is 3.33. The zero-order chi connectivity index (χ0) is 20.3. The maximum absolute atomic E-state index is 12.9. The SMILES string of the molecule is CCCCN1C(=O)C(=O)/C(=C(\O)c2cc(OC)ccc2OC)C1c1cccs1. The van der Waals surface area contributed by atoms with Crippen molar-refractivity contribution in [1.29, 1.82) is 0 Å². The molecule has 0 spiro atoms. The zero-order valence-corrected chi connectivity index (χ0v) is 16.9. The highest BCUT2D eigenvalue weighted by Gasteiger charge is 2.46. The number of carbonyl (C=O) groups excluding carboxylic acids is 2. The third-order valence-electron chi connectivity index (χ3n) is 4.77. The van der Waals surface area contributed by atoms with Crippen LogP contribution in [0.25, 0.3) is 5.76 Å². The molecule has 1 aliphatic heterocycles. The van der Waals surface area contributed by atoms with E-state index in [0.29, 0.717) is 23.6 Å². The van der Waals surface area contributed by atoms with Gasteiger partial charge in [-0.3, -0.25) is 9.59 Å². The van der Waals surface area contributed by atoms with Gasteiger partial charge in [-0.25, -0.2) is 0 Å². The molecule has 1 fully saturated rings. The molecule has 0 bridgehead atoms. The van der Waals surface area contributed by atoms with Gasteiger partial charge in [0.05, 0.1) is 31.4 Å². The van der Waals surface area contributed by atoms with E-state index in [2.05, 4.69) is 0 Å². The number of methoxy groups -OCH3 is 2. The van der Waals surface area contributed by atoms with Crippen molar-refractivity contribution >= 4 is 28.8 Å². The number of aliphatic hydroxyl groups excluding tert-OH is 1. The molecule has 0 aliphatic carbocycles. The summed E-state index contributed by atoms with van der Waals surface area (Å²) in [6, 6.07) is 8.08. The topological polar surface area (TPSA) is 76.1 Å². The van der Waals surface area contributed by atoms with Crippen molar-refractivity contribution in [3.8, 4) is 11.5 Å². The molecule has 148 valence electrons. The fourth-order valence-corrected chi connectivity index (χ4v) is 4.17. The van der Waals surface area contributed by atoms with Gasteiger partial charge in [0.25, 0.3) is 11.7 Å². The number of Topliss-reactive ketones (excluding diaryl/α,β-unsaturated/α-hetero) is 1. The first-order valence-corrected chi connectivity index (χ1v) is 9.95. The van der Waals surface area contributed by atoms with Gasteiger partial charge in [0.1, 0.15) is 17.3 Å². The lowest BCUT2D eigenvalue weighted by Crippen LogP contribution is -2.30. The lowest BCUT2D eigenvalue weighted by molar-refractivity contribution is -0.139. The number of benzene rings is 1. The number of hydrogen-bond acceptors (Lipinski definition) is 6. The largest absolute Gasteiger partial charge is 0.507 e. The first kappa shape index (κ1) is 19.9. The van der Waals surface area contributed by atoms with Crippen molar-refractivity contribution in [3.05, 3.63) is 51.7 Å². The summed E-state index contributed by atoms with van der Waals surface area (Å²) in [7, 11) is 3.00. The molecule has 28 heavy (non-hydrogen) atoms. The van der Waals surface area contributed by atoms with E-state index in [1.807, 2.05) is 24.4 Å². The van der Waals surface area contributed by atoms with Gasteiger partial charge in [-0.05, 0) is 36.1 Å². The third kappa shape index (κ3) is 3.49. The van der Waals surface area contributed by atoms with Crippen LogP contribution in [0.2, 0.25) is 0 Å². The van der Waals surface area contributed by atoms with Gasteiger partial charge in [0, 0.05) is 11.4 Å². The Morgan fingerprint density at radius 1 is 1.21 bits per heavy atom. The summed E-state index contributed by atoms with van der Waals surface area (Å²) in [4.78, 5) is 28.0. The molecule has 1 aromatic carbocycles. The normalized spacial score (nSPS) is 18.5. The number of ether oxygens (including phenoxy) is 2. The van der Waals surface area contributed by atoms with Gasteiger partial charge in [-0.1, -0.05) is 19.4 Å².